The van der Waals surface area contributed by atoms with Gasteiger partial charge in [-0.1, -0.05) is 19.1 Å². The van der Waals surface area contributed by atoms with Crippen LogP contribution in [-0.4, -0.2) is 16.8 Å². The molecule has 0 radical (unpaired) electrons. The van der Waals surface area contributed by atoms with Crippen molar-refractivity contribution in [3.8, 4) is 17.0 Å². The normalized spacial score (nSPS) is 10.6. The summed E-state index contributed by atoms with van der Waals surface area (Å²) in [4.78, 5) is 0. The van der Waals surface area contributed by atoms with Crippen LogP contribution in [0.3, 0.4) is 0 Å². The van der Waals surface area contributed by atoms with E-state index in [9.17, 15) is 0 Å². The van der Waals surface area contributed by atoms with E-state index in [1.165, 1.54) is 0 Å². The molecular formula is C14H19N3O. The van der Waals surface area contributed by atoms with E-state index in [1.807, 2.05) is 31.2 Å². The van der Waals surface area contributed by atoms with Gasteiger partial charge in [0, 0.05) is 23.4 Å². The molecule has 0 saturated carbocycles. The number of hydrogen-bond donors (Lipinski definition) is 2. The fourth-order valence-corrected chi connectivity index (χ4v) is 1.89. The maximum absolute atomic E-state index is 5.76. The minimum absolute atomic E-state index is 0.484. The molecule has 18 heavy (non-hydrogen) atoms. The number of nitrogens with one attached hydrogen (secondary N) is 1. The minimum atomic E-state index is 0.484. The Morgan fingerprint density at radius 3 is 2.94 bits per heavy atom. The van der Waals surface area contributed by atoms with Crippen LogP contribution in [0.25, 0.3) is 11.3 Å². The summed E-state index contributed by atoms with van der Waals surface area (Å²) in [6, 6.07) is 7.96. The van der Waals surface area contributed by atoms with E-state index < -0.39 is 0 Å². The molecule has 1 aromatic carbocycles. The molecule has 4 nitrogen and oxygen atoms in total. The average molecular weight is 245 g/mol. The highest BCUT2D eigenvalue weighted by atomic mass is 16.5. The van der Waals surface area contributed by atoms with E-state index >= 15 is 0 Å². The molecule has 0 spiro atoms. The molecule has 0 bridgehead atoms. The molecule has 0 saturated heterocycles. The molecule has 0 atom stereocenters. The van der Waals surface area contributed by atoms with Crippen LogP contribution >= 0.6 is 0 Å². The van der Waals surface area contributed by atoms with Gasteiger partial charge in [0.15, 0.2) is 0 Å². The molecule has 4 heteroatoms. The lowest BCUT2D eigenvalue weighted by molar-refractivity contribution is 0.317. The second-order valence-electron chi connectivity index (χ2n) is 4.26. The van der Waals surface area contributed by atoms with Gasteiger partial charge in [-0.3, -0.25) is 5.10 Å². The van der Waals surface area contributed by atoms with Gasteiger partial charge in [-0.15, -0.1) is 0 Å². The first kappa shape index (κ1) is 12.6. The Hall–Kier alpha value is -1.81. The van der Waals surface area contributed by atoms with Crippen molar-refractivity contribution in [2.75, 3.05) is 6.61 Å². The zero-order valence-corrected chi connectivity index (χ0v) is 10.9. The van der Waals surface area contributed by atoms with Crippen molar-refractivity contribution in [3.63, 3.8) is 0 Å². The maximum atomic E-state index is 5.76. The third kappa shape index (κ3) is 2.54. The van der Waals surface area contributed by atoms with Crippen LogP contribution in [0.15, 0.2) is 24.3 Å². The van der Waals surface area contributed by atoms with Crippen LogP contribution in [0.4, 0.5) is 0 Å². The van der Waals surface area contributed by atoms with E-state index in [0.717, 1.165) is 41.3 Å². The van der Waals surface area contributed by atoms with Crippen LogP contribution in [0.1, 0.15) is 24.6 Å². The number of H-pyrrole nitrogens is 1. The van der Waals surface area contributed by atoms with Gasteiger partial charge >= 0.3 is 0 Å². The monoisotopic (exact) mass is 245 g/mol. The Bertz CT molecular complexity index is 520. The summed E-state index contributed by atoms with van der Waals surface area (Å²) in [7, 11) is 0. The summed E-state index contributed by atoms with van der Waals surface area (Å²) < 4.78 is 5.63. The van der Waals surface area contributed by atoms with Crippen LogP contribution in [0.5, 0.6) is 5.75 Å². The molecule has 1 heterocycles. The van der Waals surface area contributed by atoms with Crippen molar-refractivity contribution < 1.29 is 4.74 Å². The first-order chi connectivity index (χ1) is 8.76. The quantitative estimate of drug-likeness (QED) is 0.851. The molecule has 0 fully saturated rings. The molecule has 0 aliphatic carbocycles. The maximum Gasteiger partial charge on any atom is 0.119 e. The van der Waals surface area contributed by atoms with Crippen molar-refractivity contribution >= 4 is 0 Å². The number of benzene rings is 1. The first-order valence-corrected chi connectivity index (χ1v) is 6.23. The van der Waals surface area contributed by atoms with Crippen LogP contribution in [-0.2, 0) is 6.54 Å². The van der Waals surface area contributed by atoms with Crippen LogP contribution < -0.4 is 10.5 Å². The number of aryl methyl sites for hydroxylation is 1. The predicted octanol–water partition coefficient (Wildman–Crippen LogP) is 2.63. The average Bonchev–Trinajstić information content (AvgIpc) is 2.77. The van der Waals surface area contributed by atoms with E-state index in [0.29, 0.717) is 6.54 Å². The molecule has 96 valence electrons. The van der Waals surface area contributed by atoms with E-state index in [-0.39, 0.29) is 0 Å². The zero-order chi connectivity index (χ0) is 13.0. The highest BCUT2D eigenvalue weighted by Crippen LogP contribution is 2.26. The Labute approximate surface area is 107 Å². The zero-order valence-electron chi connectivity index (χ0n) is 10.9. The van der Waals surface area contributed by atoms with Crippen molar-refractivity contribution in [1.29, 1.82) is 0 Å². The standard InChI is InChI=1S/C14H19N3O/c1-3-7-18-12-6-4-5-11(8-12)14-13(9-15)10(2)16-17-14/h4-6,8H,3,7,9,15H2,1-2H3,(H,16,17). The molecule has 3 N–H and O–H groups in total. The van der Waals surface area contributed by atoms with Crippen LogP contribution in [0.2, 0.25) is 0 Å². The highest BCUT2D eigenvalue weighted by Gasteiger charge is 2.11. The van der Waals surface area contributed by atoms with Gasteiger partial charge in [0.1, 0.15) is 5.75 Å². The van der Waals surface area contributed by atoms with Gasteiger partial charge in [-0.05, 0) is 25.5 Å². The summed E-state index contributed by atoms with van der Waals surface area (Å²) in [6.07, 6.45) is 1.000. The van der Waals surface area contributed by atoms with Gasteiger partial charge in [-0.2, -0.15) is 5.10 Å². The third-order valence-electron chi connectivity index (χ3n) is 2.86. The number of nitrogens with zero attached hydrogens (tertiary/aromatic N) is 1. The van der Waals surface area contributed by atoms with Gasteiger partial charge in [0.05, 0.1) is 12.3 Å². The molecule has 0 aliphatic rings. The summed E-state index contributed by atoms with van der Waals surface area (Å²) >= 11 is 0. The minimum Gasteiger partial charge on any atom is -0.494 e. The summed E-state index contributed by atoms with van der Waals surface area (Å²) in [5.41, 5.74) is 9.79. The van der Waals surface area contributed by atoms with Gasteiger partial charge in [0.25, 0.3) is 0 Å². The molecule has 0 amide bonds. The van der Waals surface area contributed by atoms with Crippen molar-refractivity contribution in [3.05, 3.63) is 35.5 Å². The second kappa shape index (κ2) is 5.69. The Morgan fingerprint density at radius 1 is 1.39 bits per heavy atom. The number of nitrogens with two attached hydrogens (primary N) is 1. The first-order valence-electron chi connectivity index (χ1n) is 6.23. The Balaban J connectivity index is 2.32. The largest absolute Gasteiger partial charge is 0.494 e. The number of rotatable bonds is 5. The van der Waals surface area contributed by atoms with E-state index in [2.05, 4.69) is 17.1 Å². The van der Waals surface area contributed by atoms with Gasteiger partial charge in [0.2, 0.25) is 0 Å². The SMILES string of the molecule is CCCOc1cccc(-c2n[nH]c(C)c2CN)c1. The van der Waals surface area contributed by atoms with Crippen molar-refractivity contribution in [1.82, 2.24) is 10.2 Å². The number of aromatic amines is 1. The molecule has 0 unspecified atom stereocenters. The predicted molar refractivity (Wildman–Crippen MR) is 72.4 cm³/mol. The van der Waals surface area contributed by atoms with E-state index in [1.54, 1.807) is 0 Å². The Morgan fingerprint density at radius 2 is 2.22 bits per heavy atom. The topological polar surface area (TPSA) is 63.9 Å². The Kier molecular flexibility index (Phi) is 3.99. The summed E-state index contributed by atoms with van der Waals surface area (Å²) in [6.45, 7) is 5.29. The third-order valence-corrected chi connectivity index (χ3v) is 2.86. The summed E-state index contributed by atoms with van der Waals surface area (Å²) in [5, 5.41) is 7.30. The summed E-state index contributed by atoms with van der Waals surface area (Å²) in [5.74, 6) is 0.873. The highest BCUT2D eigenvalue weighted by molar-refractivity contribution is 5.65. The fourth-order valence-electron chi connectivity index (χ4n) is 1.89. The number of ether oxygens (including phenoxy) is 1. The number of hydrogen-bond acceptors (Lipinski definition) is 3. The number of aromatic nitrogens is 2. The molecule has 2 rings (SSSR count). The lowest BCUT2D eigenvalue weighted by Gasteiger charge is -2.06. The lowest BCUT2D eigenvalue weighted by Crippen LogP contribution is -1.99. The molecule has 2 aromatic rings. The van der Waals surface area contributed by atoms with Crippen LogP contribution in [0, 0.1) is 6.92 Å². The van der Waals surface area contributed by atoms with E-state index in [4.69, 9.17) is 10.5 Å². The second-order valence-corrected chi connectivity index (χ2v) is 4.26. The molecule has 0 aliphatic heterocycles. The van der Waals surface area contributed by atoms with Gasteiger partial charge < -0.3 is 10.5 Å². The smallest absolute Gasteiger partial charge is 0.119 e. The van der Waals surface area contributed by atoms with Crippen molar-refractivity contribution in [2.45, 2.75) is 26.8 Å². The molecule has 1 aromatic heterocycles. The lowest BCUT2D eigenvalue weighted by atomic mass is 10.1. The van der Waals surface area contributed by atoms with Gasteiger partial charge in [-0.25, -0.2) is 0 Å². The van der Waals surface area contributed by atoms with Crippen molar-refractivity contribution in [2.24, 2.45) is 5.73 Å². The molecular weight excluding hydrogens is 226 g/mol. The fraction of sp³-hybridized carbons (Fsp3) is 0.357.